The topological polar surface area (TPSA) is 59.1 Å². The van der Waals surface area contributed by atoms with Crippen LogP contribution in [0.5, 0.6) is 5.75 Å². The summed E-state index contributed by atoms with van der Waals surface area (Å²) in [4.78, 5) is 0. The van der Waals surface area contributed by atoms with Gasteiger partial charge in [0.05, 0.1) is 6.10 Å². The molecular formula is C15H22N2O. The number of hydrogen-bond donors (Lipinski definition) is 2. The predicted octanol–water partition coefficient (Wildman–Crippen LogP) is 3.24. The van der Waals surface area contributed by atoms with Gasteiger partial charge in [-0.1, -0.05) is 19.1 Å². The van der Waals surface area contributed by atoms with Gasteiger partial charge in [0.15, 0.2) is 0 Å². The van der Waals surface area contributed by atoms with Crippen molar-refractivity contribution in [3.8, 4) is 5.75 Å². The van der Waals surface area contributed by atoms with Crippen LogP contribution in [0.4, 0.5) is 0 Å². The van der Waals surface area contributed by atoms with Crippen molar-refractivity contribution in [2.75, 3.05) is 0 Å². The van der Waals surface area contributed by atoms with Gasteiger partial charge in [-0.15, -0.1) is 0 Å². The second kappa shape index (κ2) is 5.42. The minimum absolute atomic E-state index is 0.0946. The van der Waals surface area contributed by atoms with E-state index in [4.69, 9.17) is 15.9 Å². The second-order valence-corrected chi connectivity index (χ2v) is 5.39. The average molecular weight is 246 g/mol. The van der Waals surface area contributed by atoms with E-state index in [0.29, 0.717) is 6.10 Å². The molecule has 0 radical (unpaired) electrons. The summed E-state index contributed by atoms with van der Waals surface area (Å²) in [6, 6.07) is 5.72. The van der Waals surface area contributed by atoms with Crippen molar-refractivity contribution in [3.63, 3.8) is 0 Å². The zero-order chi connectivity index (χ0) is 13.1. The van der Waals surface area contributed by atoms with E-state index in [2.05, 4.69) is 6.92 Å². The Morgan fingerprint density at radius 3 is 2.56 bits per heavy atom. The lowest BCUT2D eigenvalue weighted by Gasteiger charge is -2.27. The van der Waals surface area contributed by atoms with Crippen LogP contribution in [0.1, 0.15) is 43.7 Å². The first-order valence-electron chi connectivity index (χ1n) is 6.68. The van der Waals surface area contributed by atoms with Gasteiger partial charge in [0.25, 0.3) is 0 Å². The largest absolute Gasteiger partial charge is 0.490 e. The van der Waals surface area contributed by atoms with E-state index >= 15 is 0 Å². The lowest BCUT2D eigenvalue weighted by Crippen LogP contribution is -2.23. The smallest absolute Gasteiger partial charge is 0.123 e. The molecule has 0 unspecified atom stereocenters. The standard InChI is InChI=1S/C15H22N2O/c1-10-3-7-13(8-4-10)18-14-9-12(15(16)17)6-5-11(14)2/h5-6,9-10,13H,3-4,7-8H2,1-2H3,(H3,16,17). The molecule has 1 aliphatic rings. The molecule has 3 nitrogen and oxygen atoms in total. The van der Waals surface area contributed by atoms with Crippen LogP contribution >= 0.6 is 0 Å². The SMILES string of the molecule is Cc1ccc(C(=N)N)cc1OC1CCC(C)CC1. The van der Waals surface area contributed by atoms with Crippen molar-refractivity contribution < 1.29 is 4.74 Å². The van der Waals surface area contributed by atoms with Gasteiger partial charge in [-0.25, -0.2) is 0 Å². The molecule has 0 atom stereocenters. The minimum atomic E-state index is 0.0946. The van der Waals surface area contributed by atoms with Crippen molar-refractivity contribution in [1.82, 2.24) is 0 Å². The van der Waals surface area contributed by atoms with Crippen molar-refractivity contribution >= 4 is 5.84 Å². The molecule has 0 aromatic heterocycles. The molecule has 98 valence electrons. The number of aryl methyl sites for hydroxylation is 1. The van der Waals surface area contributed by atoms with Gasteiger partial charge in [0.2, 0.25) is 0 Å². The highest BCUT2D eigenvalue weighted by Crippen LogP contribution is 2.29. The Morgan fingerprint density at radius 1 is 1.28 bits per heavy atom. The van der Waals surface area contributed by atoms with E-state index < -0.39 is 0 Å². The Bertz CT molecular complexity index is 434. The monoisotopic (exact) mass is 246 g/mol. The summed E-state index contributed by atoms with van der Waals surface area (Å²) in [6.45, 7) is 4.34. The van der Waals surface area contributed by atoms with Crippen molar-refractivity contribution in [2.45, 2.75) is 45.6 Å². The summed E-state index contributed by atoms with van der Waals surface area (Å²) in [5.41, 5.74) is 7.36. The normalized spacial score (nSPS) is 23.7. The first-order chi connectivity index (χ1) is 8.56. The average Bonchev–Trinajstić information content (AvgIpc) is 2.34. The molecule has 18 heavy (non-hydrogen) atoms. The third-order valence-electron chi connectivity index (χ3n) is 3.76. The van der Waals surface area contributed by atoms with Crippen LogP contribution < -0.4 is 10.5 Å². The molecule has 2 rings (SSSR count). The molecule has 3 heteroatoms. The van der Waals surface area contributed by atoms with Crippen molar-refractivity contribution in [3.05, 3.63) is 29.3 Å². The number of benzene rings is 1. The molecule has 0 bridgehead atoms. The highest BCUT2D eigenvalue weighted by Gasteiger charge is 2.20. The maximum atomic E-state index is 7.47. The molecule has 0 saturated heterocycles. The van der Waals surface area contributed by atoms with E-state index in [9.17, 15) is 0 Å². The van der Waals surface area contributed by atoms with Crippen LogP contribution in [0.2, 0.25) is 0 Å². The highest BCUT2D eigenvalue weighted by atomic mass is 16.5. The van der Waals surface area contributed by atoms with E-state index in [1.165, 1.54) is 12.8 Å². The van der Waals surface area contributed by atoms with Gasteiger partial charge in [0, 0.05) is 5.56 Å². The molecule has 3 N–H and O–H groups in total. The Kier molecular flexibility index (Phi) is 3.90. The first-order valence-corrected chi connectivity index (χ1v) is 6.68. The predicted molar refractivity (Wildman–Crippen MR) is 74.2 cm³/mol. The number of nitrogens with one attached hydrogen (secondary N) is 1. The van der Waals surface area contributed by atoms with Crippen LogP contribution in [0.3, 0.4) is 0 Å². The molecule has 0 aliphatic heterocycles. The highest BCUT2D eigenvalue weighted by molar-refractivity contribution is 5.95. The third kappa shape index (κ3) is 3.03. The van der Waals surface area contributed by atoms with E-state index in [0.717, 1.165) is 35.6 Å². The number of hydrogen-bond acceptors (Lipinski definition) is 2. The molecule has 1 aromatic rings. The fraction of sp³-hybridized carbons (Fsp3) is 0.533. The van der Waals surface area contributed by atoms with Crippen LogP contribution in [-0.4, -0.2) is 11.9 Å². The number of ether oxygens (including phenoxy) is 1. The van der Waals surface area contributed by atoms with Crippen LogP contribution in [0.25, 0.3) is 0 Å². The Hall–Kier alpha value is -1.51. The van der Waals surface area contributed by atoms with Crippen LogP contribution in [0, 0.1) is 18.3 Å². The van der Waals surface area contributed by atoms with Gasteiger partial charge in [-0.3, -0.25) is 5.41 Å². The second-order valence-electron chi connectivity index (χ2n) is 5.39. The number of nitrogens with two attached hydrogens (primary N) is 1. The summed E-state index contributed by atoms with van der Waals surface area (Å²) >= 11 is 0. The summed E-state index contributed by atoms with van der Waals surface area (Å²) in [7, 11) is 0. The molecule has 1 fully saturated rings. The lowest BCUT2D eigenvalue weighted by molar-refractivity contribution is 0.134. The molecule has 1 aromatic carbocycles. The van der Waals surface area contributed by atoms with Gasteiger partial charge in [-0.05, 0) is 50.2 Å². The number of amidine groups is 1. The summed E-state index contributed by atoms with van der Waals surface area (Å²) in [5.74, 6) is 1.80. The number of rotatable bonds is 3. The van der Waals surface area contributed by atoms with E-state index in [1.54, 1.807) is 0 Å². The first kappa shape index (κ1) is 12.9. The van der Waals surface area contributed by atoms with Gasteiger partial charge >= 0.3 is 0 Å². The Labute approximate surface area is 109 Å². The molecular weight excluding hydrogens is 224 g/mol. The number of nitrogen functional groups attached to an aromatic ring is 1. The fourth-order valence-electron chi connectivity index (χ4n) is 2.42. The molecule has 0 amide bonds. The molecule has 0 spiro atoms. The van der Waals surface area contributed by atoms with Crippen LogP contribution in [0.15, 0.2) is 18.2 Å². The maximum absolute atomic E-state index is 7.47. The zero-order valence-electron chi connectivity index (χ0n) is 11.2. The summed E-state index contributed by atoms with van der Waals surface area (Å²) in [5, 5.41) is 7.47. The van der Waals surface area contributed by atoms with E-state index in [1.807, 2.05) is 25.1 Å². The third-order valence-corrected chi connectivity index (χ3v) is 3.76. The lowest BCUT2D eigenvalue weighted by atomic mass is 9.89. The van der Waals surface area contributed by atoms with E-state index in [-0.39, 0.29) is 5.84 Å². The molecule has 1 saturated carbocycles. The summed E-state index contributed by atoms with van der Waals surface area (Å²) < 4.78 is 6.07. The quantitative estimate of drug-likeness (QED) is 0.635. The summed E-state index contributed by atoms with van der Waals surface area (Å²) in [6.07, 6.45) is 5.07. The Balaban J connectivity index is 2.08. The fourth-order valence-corrected chi connectivity index (χ4v) is 2.42. The van der Waals surface area contributed by atoms with Gasteiger partial charge in [-0.2, -0.15) is 0 Å². The van der Waals surface area contributed by atoms with Crippen molar-refractivity contribution in [1.29, 1.82) is 5.41 Å². The zero-order valence-corrected chi connectivity index (χ0v) is 11.2. The minimum Gasteiger partial charge on any atom is -0.490 e. The molecule has 0 heterocycles. The Morgan fingerprint density at radius 2 is 1.94 bits per heavy atom. The maximum Gasteiger partial charge on any atom is 0.123 e. The van der Waals surface area contributed by atoms with Crippen LogP contribution in [-0.2, 0) is 0 Å². The van der Waals surface area contributed by atoms with Gasteiger partial charge in [0.1, 0.15) is 11.6 Å². The van der Waals surface area contributed by atoms with Crippen molar-refractivity contribution in [2.24, 2.45) is 11.7 Å². The molecule has 1 aliphatic carbocycles. The van der Waals surface area contributed by atoms with Gasteiger partial charge < -0.3 is 10.5 Å².